The predicted octanol–water partition coefficient (Wildman–Crippen LogP) is 5.15. The average molecular weight is 427 g/mol. The highest BCUT2D eigenvalue weighted by Gasteiger charge is 2.70. The van der Waals surface area contributed by atoms with Crippen LogP contribution in [0.3, 0.4) is 0 Å². The second kappa shape index (κ2) is 6.34. The molecule has 0 aromatic rings. The summed E-state index contributed by atoms with van der Waals surface area (Å²) in [5, 5.41) is 10.8. The van der Waals surface area contributed by atoms with Gasteiger partial charge in [-0.25, -0.2) is 0 Å². The zero-order valence-corrected chi connectivity index (χ0v) is 20.0. The quantitative estimate of drug-likeness (QED) is 0.430. The minimum atomic E-state index is -0.426. The monoisotopic (exact) mass is 426 g/mol. The lowest BCUT2D eigenvalue weighted by Crippen LogP contribution is -2.67. The van der Waals surface area contributed by atoms with Crippen LogP contribution in [0.5, 0.6) is 0 Å². The van der Waals surface area contributed by atoms with Crippen molar-refractivity contribution in [3.05, 3.63) is 23.0 Å². The van der Waals surface area contributed by atoms with E-state index in [9.17, 15) is 14.7 Å². The second-order valence-corrected chi connectivity index (χ2v) is 12.4. The first kappa shape index (κ1) is 21.4. The molecule has 7 atom stereocenters. The Kier molecular flexibility index (Phi) is 4.38. The highest BCUT2D eigenvalue weighted by molar-refractivity contribution is 6.48. The van der Waals surface area contributed by atoms with E-state index in [1.54, 1.807) is 0 Å². The number of hydrogen-bond donors (Lipinski definition) is 1. The van der Waals surface area contributed by atoms with Crippen molar-refractivity contribution in [1.82, 2.24) is 0 Å². The van der Waals surface area contributed by atoms with E-state index in [0.717, 1.165) is 37.7 Å². The Morgan fingerprint density at radius 3 is 2.42 bits per heavy atom. The number of carbonyl (C=O) groups is 2. The van der Waals surface area contributed by atoms with Crippen LogP contribution in [0.25, 0.3) is 0 Å². The van der Waals surface area contributed by atoms with E-state index in [-0.39, 0.29) is 28.1 Å². The van der Waals surface area contributed by atoms with Gasteiger partial charge < -0.3 is 9.84 Å². The molecule has 1 spiro atoms. The summed E-state index contributed by atoms with van der Waals surface area (Å²) in [6.07, 6.45) is 8.08. The van der Waals surface area contributed by atoms with Gasteiger partial charge in [-0.15, -0.1) is 0 Å². The molecule has 0 saturated heterocycles. The summed E-state index contributed by atoms with van der Waals surface area (Å²) in [7, 11) is 0. The number of ether oxygens (including phenoxy) is 1. The van der Waals surface area contributed by atoms with Crippen molar-refractivity contribution in [2.45, 2.75) is 98.2 Å². The van der Waals surface area contributed by atoms with Gasteiger partial charge in [0.25, 0.3) is 0 Å². The fourth-order valence-electron chi connectivity index (χ4n) is 9.10. The van der Waals surface area contributed by atoms with Gasteiger partial charge >= 0.3 is 0 Å². The molecule has 5 aliphatic rings. The SMILES string of the molecule is CC1=CC(=O)C(=O)C2=C1O[C@@]1(C2)[C@@H](C)CC[C@@H]2[C@@]3(C)CC[C@H](O)C(C)(C)[C@@H]3CC[C@]21C. The van der Waals surface area contributed by atoms with Gasteiger partial charge in [-0.1, -0.05) is 34.6 Å². The van der Waals surface area contributed by atoms with Crippen molar-refractivity contribution in [2.24, 2.45) is 34.0 Å². The van der Waals surface area contributed by atoms with Crippen LogP contribution in [0.4, 0.5) is 0 Å². The molecule has 1 N–H and O–H groups in total. The van der Waals surface area contributed by atoms with Crippen molar-refractivity contribution < 1.29 is 19.4 Å². The van der Waals surface area contributed by atoms with Crippen molar-refractivity contribution >= 4 is 11.6 Å². The normalized spacial score (nSPS) is 48.7. The molecule has 31 heavy (non-hydrogen) atoms. The van der Waals surface area contributed by atoms with E-state index in [1.165, 1.54) is 12.5 Å². The molecule has 4 heteroatoms. The third-order valence-corrected chi connectivity index (χ3v) is 10.9. The van der Waals surface area contributed by atoms with E-state index >= 15 is 0 Å². The number of aliphatic hydroxyl groups excluding tert-OH is 1. The molecule has 0 aromatic heterocycles. The summed E-state index contributed by atoms with van der Waals surface area (Å²) >= 11 is 0. The molecule has 0 bridgehead atoms. The van der Waals surface area contributed by atoms with Crippen LogP contribution in [0.2, 0.25) is 0 Å². The van der Waals surface area contributed by atoms with Crippen molar-refractivity contribution in [3.63, 3.8) is 0 Å². The van der Waals surface area contributed by atoms with Crippen LogP contribution in [0, 0.1) is 34.0 Å². The largest absolute Gasteiger partial charge is 0.485 e. The molecule has 4 aliphatic carbocycles. The number of rotatable bonds is 0. The van der Waals surface area contributed by atoms with Gasteiger partial charge in [0.2, 0.25) is 11.6 Å². The number of aliphatic hydroxyl groups is 1. The molecule has 0 aromatic carbocycles. The molecule has 0 amide bonds. The first-order valence-electron chi connectivity index (χ1n) is 12.3. The van der Waals surface area contributed by atoms with Crippen LogP contribution in [0.15, 0.2) is 23.0 Å². The Labute approximate surface area is 186 Å². The summed E-state index contributed by atoms with van der Waals surface area (Å²) in [4.78, 5) is 25.1. The van der Waals surface area contributed by atoms with Gasteiger partial charge in [-0.05, 0) is 85.7 Å². The third kappa shape index (κ3) is 2.46. The molecular formula is C27H38O4. The molecular weight excluding hydrogens is 388 g/mol. The Morgan fingerprint density at radius 1 is 1.00 bits per heavy atom. The fourth-order valence-corrected chi connectivity index (χ4v) is 9.10. The first-order valence-corrected chi connectivity index (χ1v) is 12.3. The van der Waals surface area contributed by atoms with E-state index < -0.39 is 11.4 Å². The number of Topliss-reactive ketones (excluding diaryl/α,β-unsaturated/α-hetero) is 1. The maximum atomic E-state index is 12.8. The van der Waals surface area contributed by atoms with E-state index in [4.69, 9.17) is 4.74 Å². The van der Waals surface area contributed by atoms with E-state index in [2.05, 4.69) is 34.6 Å². The smallest absolute Gasteiger partial charge is 0.232 e. The average Bonchev–Trinajstić information content (AvgIpc) is 3.11. The number of hydrogen-bond acceptors (Lipinski definition) is 4. The minimum absolute atomic E-state index is 0.0603. The van der Waals surface area contributed by atoms with Gasteiger partial charge in [0.1, 0.15) is 11.4 Å². The predicted molar refractivity (Wildman–Crippen MR) is 119 cm³/mol. The summed E-state index contributed by atoms with van der Waals surface area (Å²) in [5.41, 5.74) is 1.00. The standard InChI is InChI=1S/C27H38O4/c1-15-13-18(28)22(30)17-14-27(31-23(15)17)16(2)7-8-20-25(5)11-10-21(29)24(3,4)19(25)9-12-26(20,27)6/h13,16,19-21,29H,7-12,14H2,1-6H3/t16-,19-,20+,21-,25-,26+,27-/m0/s1. The van der Waals surface area contributed by atoms with Gasteiger partial charge in [-0.2, -0.15) is 0 Å². The van der Waals surface area contributed by atoms with E-state index in [1.807, 2.05) is 6.92 Å². The summed E-state index contributed by atoms with van der Waals surface area (Å²) in [6, 6.07) is 0. The Morgan fingerprint density at radius 2 is 1.71 bits per heavy atom. The lowest BCUT2D eigenvalue weighted by Gasteiger charge is -2.69. The lowest BCUT2D eigenvalue weighted by molar-refractivity contribution is -0.250. The van der Waals surface area contributed by atoms with Gasteiger partial charge in [0, 0.05) is 17.4 Å². The zero-order chi connectivity index (χ0) is 22.6. The maximum Gasteiger partial charge on any atom is 0.232 e. The minimum Gasteiger partial charge on any atom is -0.485 e. The highest BCUT2D eigenvalue weighted by atomic mass is 16.5. The number of carbonyl (C=O) groups excluding carboxylic acids is 2. The first-order chi connectivity index (χ1) is 14.4. The summed E-state index contributed by atoms with van der Waals surface area (Å²) in [6.45, 7) is 13.6. The third-order valence-electron chi connectivity index (χ3n) is 10.9. The van der Waals surface area contributed by atoms with Gasteiger partial charge in [0.05, 0.1) is 6.10 Å². The van der Waals surface area contributed by atoms with Crippen molar-refractivity contribution in [3.8, 4) is 0 Å². The highest BCUT2D eigenvalue weighted by Crippen LogP contribution is 2.72. The number of fused-ring (bicyclic) bond motifs is 4. The molecule has 0 unspecified atom stereocenters. The van der Waals surface area contributed by atoms with E-state index in [0.29, 0.717) is 35.5 Å². The molecule has 0 radical (unpaired) electrons. The summed E-state index contributed by atoms with van der Waals surface area (Å²) in [5.74, 6) is 1.22. The second-order valence-electron chi connectivity index (χ2n) is 12.4. The fraction of sp³-hybridized carbons (Fsp3) is 0.778. The topological polar surface area (TPSA) is 63.6 Å². The van der Waals surface area contributed by atoms with Crippen molar-refractivity contribution in [2.75, 3.05) is 0 Å². The van der Waals surface area contributed by atoms with Crippen LogP contribution >= 0.6 is 0 Å². The molecule has 5 rings (SSSR count). The van der Waals surface area contributed by atoms with Crippen LogP contribution in [-0.2, 0) is 14.3 Å². The van der Waals surface area contributed by atoms with Crippen LogP contribution in [-0.4, -0.2) is 28.4 Å². The molecule has 4 nitrogen and oxygen atoms in total. The number of allylic oxidation sites excluding steroid dienone is 2. The molecule has 3 fully saturated rings. The molecule has 1 aliphatic heterocycles. The Balaban J connectivity index is 1.58. The van der Waals surface area contributed by atoms with Gasteiger partial charge in [0.15, 0.2) is 0 Å². The Bertz CT molecular complexity index is 926. The van der Waals surface area contributed by atoms with Gasteiger partial charge in [-0.3, -0.25) is 9.59 Å². The molecule has 1 heterocycles. The molecule has 170 valence electrons. The van der Waals surface area contributed by atoms with Crippen LogP contribution in [0.1, 0.15) is 86.5 Å². The lowest BCUT2D eigenvalue weighted by atomic mass is 9.37. The Hall–Kier alpha value is -1.42. The maximum absolute atomic E-state index is 12.8. The summed E-state index contributed by atoms with van der Waals surface area (Å²) < 4.78 is 6.90. The zero-order valence-electron chi connectivity index (χ0n) is 20.0. The van der Waals surface area contributed by atoms with Crippen LogP contribution < -0.4 is 0 Å². The number of ketones is 2. The van der Waals surface area contributed by atoms with Crippen molar-refractivity contribution in [1.29, 1.82) is 0 Å². The molecule has 3 saturated carbocycles.